The fraction of sp³-hybridized carbons (Fsp3) is 0.676. The molecule has 4 aliphatic rings. The molecule has 6 atom stereocenters. The maximum absolute atomic E-state index is 11.4. The SMILES string of the molecule is C=C1CC(O)[C@H](O)C/C1=C/C=C1\CCC[C@]2(C)[C@@H](C(C)(C)/C=C/[C@H](O)C3(c4ncc(CCC)s4)CC3)CC[C@@H]12. The lowest BCUT2D eigenvalue weighted by atomic mass is 9.57. The summed E-state index contributed by atoms with van der Waals surface area (Å²) in [4.78, 5) is 6.06. The number of thiazole rings is 1. The summed E-state index contributed by atoms with van der Waals surface area (Å²) in [6.07, 6.45) is 20.3. The van der Waals surface area contributed by atoms with Crippen LogP contribution in [0.2, 0.25) is 0 Å². The lowest BCUT2D eigenvalue weighted by Crippen LogP contribution is -2.39. The van der Waals surface area contributed by atoms with Crippen LogP contribution in [0, 0.1) is 22.7 Å². The van der Waals surface area contributed by atoms with Crippen LogP contribution >= 0.6 is 11.3 Å². The second-order valence-electron chi connectivity index (χ2n) is 13.8. The molecule has 0 saturated heterocycles. The van der Waals surface area contributed by atoms with Gasteiger partial charge in [0.15, 0.2) is 0 Å². The van der Waals surface area contributed by atoms with Crippen molar-refractivity contribution < 1.29 is 15.3 Å². The van der Waals surface area contributed by atoms with Gasteiger partial charge in [-0.2, -0.15) is 0 Å². The van der Waals surface area contributed by atoms with Crippen LogP contribution in [0.4, 0.5) is 0 Å². The maximum Gasteiger partial charge on any atom is 0.102 e. The van der Waals surface area contributed by atoms with Crippen LogP contribution in [0.25, 0.3) is 0 Å². The molecule has 39 heavy (non-hydrogen) atoms. The number of aliphatic hydroxyl groups excluding tert-OH is 3. The van der Waals surface area contributed by atoms with E-state index in [0.29, 0.717) is 24.7 Å². The van der Waals surface area contributed by atoms with Gasteiger partial charge < -0.3 is 15.3 Å². The van der Waals surface area contributed by atoms with Crippen LogP contribution in [0.15, 0.2) is 53.8 Å². The minimum absolute atomic E-state index is 0.00434. The highest BCUT2D eigenvalue weighted by atomic mass is 32.1. The molecule has 1 heterocycles. The number of aryl methyl sites for hydroxylation is 1. The molecule has 0 spiro atoms. The topological polar surface area (TPSA) is 73.6 Å². The minimum Gasteiger partial charge on any atom is -0.390 e. The number of allylic oxidation sites excluding steroid dienone is 4. The van der Waals surface area contributed by atoms with Gasteiger partial charge in [0.1, 0.15) is 5.01 Å². The van der Waals surface area contributed by atoms with Gasteiger partial charge in [0.25, 0.3) is 0 Å². The Labute approximate surface area is 239 Å². The maximum atomic E-state index is 11.4. The molecular formula is C34H49NO3S. The first-order valence-electron chi connectivity index (χ1n) is 15.3. The Morgan fingerprint density at radius 3 is 2.62 bits per heavy atom. The van der Waals surface area contributed by atoms with Crippen LogP contribution in [-0.4, -0.2) is 38.6 Å². The fourth-order valence-corrected chi connectivity index (χ4v) is 9.48. The van der Waals surface area contributed by atoms with Gasteiger partial charge in [-0.25, -0.2) is 4.98 Å². The van der Waals surface area contributed by atoms with Gasteiger partial charge in [0.2, 0.25) is 0 Å². The zero-order valence-electron chi connectivity index (χ0n) is 24.5. The van der Waals surface area contributed by atoms with Crippen molar-refractivity contribution in [3.63, 3.8) is 0 Å². The highest BCUT2D eigenvalue weighted by Crippen LogP contribution is 2.62. The van der Waals surface area contributed by atoms with Gasteiger partial charge in [-0.3, -0.25) is 0 Å². The van der Waals surface area contributed by atoms with E-state index in [2.05, 4.69) is 58.6 Å². The normalized spacial score (nSPS) is 35.6. The van der Waals surface area contributed by atoms with E-state index in [4.69, 9.17) is 4.98 Å². The second kappa shape index (κ2) is 11.0. The van der Waals surface area contributed by atoms with Crippen LogP contribution in [0.3, 0.4) is 0 Å². The third-order valence-electron chi connectivity index (χ3n) is 10.7. The van der Waals surface area contributed by atoms with Gasteiger partial charge in [-0.1, -0.05) is 70.6 Å². The van der Waals surface area contributed by atoms with Crippen molar-refractivity contribution in [3.8, 4) is 0 Å². The molecule has 1 aromatic heterocycles. The number of hydrogen-bond donors (Lipinski definition) is 3. The lowest BCUT2D eigenvalue weighted by Gasteiger charge is -2.47. The van der Waals surface area contributed by atoms with E-state index in [1.807, 2.05) is 6.20 Å². The molecule has 5 rings (SSSR count). The molecule has 0 aliphatic heterocycles. The molecule has 5 heteroatoms. The standard InChI is InChI=1S/C34H49NO3S/c1-6-8-25-21-35-31(39-25)34(17-18-34)30(38)14-16-32(3,4)29-13-12-26-23(9-7-15-33(26,29)5)10-11-24-20-28(37)27(36)19-22(24)2/h10-11,14,16,21,26-30,36-38H,2,6-9,12-13,15,17-20H2,1,3-5H3/b16-14+,23-10+,24-11-/t26-,27?,28+,29+,30-,33-/m0/s1. The van der Waals surface area contributed by atoms with Gasteiger partial charge >= 0.3 is 0 Å². The Hall–Kier alpha value is -1.53. The Balaban J connectivity index is 1.30. The summed E-state index contributed by atoms with van der Waals surface area (Å²) in [5.41, 5.74) is 3.63. The average Bonchev–Trinajstić information content (AvgIpc) is 3.42. The minimum atomic E-state index is -0.695. The fourth-order valence-electron chi connectivity index (χ4n) is 8.19. The molecular weight excluding hydrogens is 502 g/mol. The Bertz CT molecular complexity index is 1150. The average molecular weight is 552 g/mol. The van der Waals surface area contributed by atoms with Crippen LogP contribution in [-0.2, 0) is 11.8 Å². The molecule has 214 valence electrons. The number of fused-ring (bicyclic) bond motifs is 1. The molecule has 0 aromatic carbocycles. The van der Waals surface area contributed by atoms with Gasteiger partial charge in [-0.05, 0) is 85.2 Å². The third-order valence-corrected chi connectivity index (χ3v) is 12.0. The van der Waals surface area contributed by atoms with Crippen LogP contribution in [0.5, 0.6) is 0 Å². The molecule has 4 aliphatic carbocycles. The quantitative estimate of drug-likeness (QED) is 0.299. The molecule has 3 N–H and O–H groups in total. The van der Waals surface area contributed by atoms with Crippen molar-refractivity contribution >= 4 is 11.3 Å². The second-order valence-corrected chi connectivity index (χ2v) is 14.9. The molecule has 0 amide bonds. The zero-order valence-corrected chi connectivity index (χ0v) is 25.3. The first-order valence-corrected chi connectivity index (χ1v) is 16.1. The third kappa shape index (κ3) is 5.54. The van der Waals surface area contributed by atoms with Crippen molar-refractivity contribution in [2.45, 2.75) is 122 Å². The Morgan fingerprint density at radius 2 is 1.90 bits per heavy atom. The van der Waals surface area contributed by atoms with Crippen molar-refractivity contribution in [1.82, 2.24) is 4.98 Å². The highest BCUT2D eigenvalue weighted by molar-refractivity contribution is 7.11. The summed E-state index contributed by atoms with van der Waals surface area (Å²) in [5, 5.41) is 32.6. The molecule has 1 aromatic rings. The predicted molar refractivity (Wildman–Crippen MR) is 161 cm³/mol. The summed E-state index contributed by atoms with van der Waals surface area (Å²) in [6.45, 7) is 13.6. The summed E-state index contributed by atoms with van der Waals surface area (Å²) in [5.74, 6) is 1.13. The van der Waals surface area contributed by atoms with E-state index in [1.165, 1.54) is 36.1 Å². The van der Waals surface area contributed by atoms with E-state index in [9.17, 15) is 15.3 Å². The van der Waals surface area contributed by atoms with Gasteiger partial charge in [0, 0.05) is 23.9 Å². The molecule has 4 saturated carbocycles. The van der Waals surface area contributed by atoms with E-state index in [-0.39, 0.29) is 16.2 Å². The first-order chi connectivity index (χ1) is 18.5. The monoisotopic (exact) mass is 551 g/mol. The van der Waals surface area contributed by atoms with Crippen LogP contribution in [0.1, 0.15) is 102 Å². The Morgan fingerprint density at radius 1 is 1.15 bits per heavy atom. The summed E-state index contributed by atoms with van der Waals surface area (Å²) in [6, 6.07) is 0. The zero-order chi connectivity index (χ0) is 28.0. The highest BCUT2D eigenvalue weighted by Gasteiger charge is 2.54. The number of hydrogen-bond acceptors (Lipinski definition) is 5. The number of aromatic nitrogens is 1. The summed E-state index contributed by atoms with van der Waals surface area (Å²) >= 11 is 1.80. The molecule has 0 radical (unpaired) electrons. The van der Waals surface area contributed by atoms with Gasteiger partial charge in [0.05, 0.1) is 23.7 Å². The van der Waals surface area contributed by atoms with Crippen molar-refractivity contribution in [2.24, 2.45) is 22.7 Å². The van der Waals surface area contributed by atoms with Gasteiger partial charge in [-0.15, -0.1) is 11.3 Å². The molecule has 4 fully saturated rings. The summed E-state index contributed by atoms with van der Waals surface area (Å²) < 4.78 is 0. The molecule has 4 nitrogen and oxygen atoms in total. The number of aliphatic hydroxyl groups is 3. The van der Waals surface area contributed by atoms with E-state index in [1.54, 1.807) is 11.3 Å². The largest absolute Gasteiger partial charge is 0.390 e. The van der Waals surface area contributed by atoms with Crippen molar-refractivity contribution in [1.29, 1.82) is 0 Å². The molecule has 0 bridgehead atoms. The number of nitrogens with zero attached hydrogens (tertiary/aromatic N) is 1. The predicted octanol–water partition coefficient (Wildman–Crippen LogP) is 7.21. The summed E-state index contributed by atoms with van der Waals surface area (Å²) in [7, 11) is 0. The van der Waals surface area contributed by atoms with E-state index < -0.39 is 18.3 Å². The lowest BCUT2D eigenvalue weighted by molar-refractivity contribution is 0.0138. The van der Waals surface area contributed by atoms with E-state index >= 15 is 0 Å². The first kappa shape index (κ1) is 29.0. The van der Waals surface area contributed by atoms with E-state index in [0.717, 1.165) is 48.3 Å². The Kier molecular flexibility index (Phi) is 8.20. The number of rotatable bonds is 8. The van der Waals surface area contributed by atoms with Crippen LogP contribution < -0.4 is 0 Å². The smallest absolute Gasteiger partial charge is 0.102 e. The van der Waals surface area contributed by atoms with Crippen molar-refractivity contribution in [3.05, 3.63) is 63.7 Å². The molecule has 1 unspecified atom stereocenters. The van der Waals surface area contributed by atoms with Crippen molar-refractivity contribution in [2.75, 3.05) is 0 Å².